The summed E-state index contributed by atoms with van der Waals surface area (Å²) in [5, 5.41) is 28.5. The molecule has 0 aliphatic rings. The van der Waals surface area contributed by atoms with Crippen LogP contribution in [0.3, 0.4) is 0 Å². The van der Waals surface area contributed by atoms with Gasteiger partial charge in [-0.1, -0.05) is 6.07 Å². The summed E-state index contributed by atoms with van der Waals surface area (Å²) >= 11 is 0. The largest absolute Gasteiger partial charge is 0.457 e. The highest BCUT2D eigenvalue weighted by atomic mass is 19.4. The Morgan fingerprint density at radius 2 is 1.72 bits per heavy atom. The summed E-state index contributed by atoms with van der Waals surface area (Å²) < 4.78 is 44.8. The lowest BCUT2D eigenvalue weighted by atomic mass is 10.1. The Bertz CT molecular complexity index is 1170. The topological polar surface area (TPSA) is 129 Å². The van der Waals surface area contributed by atoms with E-state index in [1.807, 2.05) is 0 Å². The number of alkyl halides is 3. The van der Waals surface area contributed by atoms with Crippen LogP contribution in [-0.2, 0) is 11.0 Å². The van der Waals surface area contributed by atoms with Gasteiger partial charge in [0.25, 0.3) is 0 Å². The number of ether oxygens (including phenoxy) is 1. The van der Waals surface area contributed by atoms with E-state index < -0.39 is 35.4 Å². The van der Waals surface area contributed by atoms with E-state index in [1.165, 1.54) is 30.3 Å². The van der Waals surface area contributed by atoms with E-state index in [1.54, 1.807) is 24.3 Å². The van der Waals surface area contributed by atoms with Crippen LogP contribution in [-0.4, -0.2) is 27.2 Å². The number of aliphatic hydroxyl groups excluding tert-OH is 2. The fraction of sp³-hybridized carbons (Fsp3) is 0.136. The molecule has 0 radical (unpaired) electrons. The molecule has 1 amide bonds. The monoisotopic (exact) mass is 443 g/mol. The molecule has 4 N–H and O–H groups in total. The fourth-order valence-corrected chi connectivity index (χ4v) is 2.84. The molecule has 0 bridgehead atoms. The van der Waals surface area contributed by atoms with Gasteiger partial charge < -0.3 is 20.7 Å². The molecule has 0 spiro atoms. The second-order valence-electron chi connectivity index (χ2n) is 6.68. The van der Waals surface area contributed by atoms with E-state index in [0.29, 0.717) is 11.3 Å². The summed E-state index contributed by atoms with van der Waals surface area (Å²) in [6.07, 6.45) is -8.12. The van der Waals surface area contributed by atoms with E-state index in [2.05, 4.69) is 4.98 Å². The lowest BCUT2D eigenvalue weighted by Gasteiger charge is -2.15. The molecular weight excluding hydrogens is 427 g/mol. The van der Waals surface area contributed by atoms with Gasteiger partial charge in [-0.15, -0.1) is 0 Å². The number of pyridine rings is 1. The normalized spacial score (nSPS) is 13.1. The van der Waals surface area contributed by atoms with Crippen LogP contribution < -0.4 is 10.5 Å². The average molecular weight is 443 g/mol. The smallest absolute Gasteiger partial charge is 0.417 e. The number of nitrogens with two attached hydrogens (primary N) is 1. The Morgan fingerprint density at radius 1 is 1.06 bits per heavy atom. The predicted octanol–water partition coefficient (Wildman–Crippen LogP) is 3.31. The molecule has 0 unspecified atom stereocenters. The Hall–Kier alpha value is -3.94. The van der Waals surface area contributed by atoms with Crippen molar-refractivity contribution in [3.63, 3.8) is 0 Å². The molecule has 3 aromatic rings. The molecule has 164 valence electrons. The molecule has 0 aliphatic carbocycles. The van der Waals surface area contributed by atoms with E-state index in [-0.39, 0.29) is 17.2 Å². The lowest BCUT2D eigenvalue weighted by Crippen LogP contribution is -2.34. The number of hydrogen-bond acceptors (Lipinski definition) is 6. The van der Waals surface area contributed by atoms with E-state index in [0.717, 1.165) is 12.1 Å². The minimum absolute atomic E-state index is 0.0337. The molecular formula is C22H16F3N3O4. The highest BCUT2D eigenvalue weighted by Gasteiger charge is 2.34. The quantitative estimate of drug-likeness (QED) is 0.536. The van der Waals surface area contributed by atoms with Gasteiger partial charge in [0.1, 0.15) is 17.6 Å². The van der Waals surface area contributed by atoms with Gasteiger partial charge in [-0.3, -0.25) is 4.79 Å². The number of benzene rings is 2. The number of aliphatic hydroxyl groups is 2. The SMILES string of the molecule is N#Cc1ccc(Oc2ccc(-c3cccc([C@@H](O)[C@H](O)C(N)=O)n3)cc2)cc1C(F)(F)F. The summed E-state index contributed by atoms with van der Waals surface area (Å²) in [6, 6.07) is 15.3. The predicted molar refractivity (Wildman–Crippen MR) is 106 cm³/mol. The number of halogens is 3. The second kappa shape index (κ2) is 9.05. The minimum Gasteiger partial charge on any atom is -0.457 e. The van der Waals surface area contributed by atoms with Crippen LogP contribution in [0.4, 0.5) is 13.2 Å². The van der Waals surface area contributed by atoms with Gasteiger partial charge in [0.15, 0.2) is 6.10 Å². The molecule has 10 heteroatoms. The van der Waals surface area contributed by atoms with Crippen molar-refractivity contribution in [1.29, 1.82) is 5.26 Å². The molecule has 0 saturated carbocycles. The van der Waals surface area contributed by atoms with Gasteiger partial charge in [0, 0.05) is 5.56 Å². The van der Waals surface area contributed by atoms with Gasteiger partial charge in [-0.05, 0) is 54.6 Å². The van der Waals surface area contributed by atoms with Crippen molar-refractivity contribution < 1.29 is 32.9 Å². The molecule has 1 aromatic heterocycles. The number of primary amides is 1. The summed E-state index contributed by atoms with van der Waals surface area (Å²) in [4.78, 5) is 15.3. The molecule has 0 saturated heterocycles. The molecule has 2 aromatic carbocycles. The number of amides is 1. The average Bonchev–Trinajstić information content (AvgIpc) is 2.78. The molecule has 2 atom stereocenters. The van der Waals surface area contributed by atoms with Gasteiger partial charge in [-0.25, -0.2) is 4.98 Å². The second-order valence-corrected chi connectivity index (χ2v) is 6.68. The van der Waals surface area contributed by atoms with Crippen molar-refractivity contribution in [3.05, 3.63) is 77.5 Å². The summed E-state index contributed by atoms with van der Waals surface area (Å²) in [5.74, 6) is -0.942. The minimum atomic E-state index is -4.70. The standard InChI is InChI=1S/C22H16F3N3O4/c23-22(24,25)16-10-15(9-6-13(16)11-26)32-14-7-4-12(5-8-14)17-2-1-3-18(28-17)19(29)20(30)21(27)31/h1-10,19-20,29-30H,(H2,27,31)/t19-,20+/m1/s1. The first-order valence-corrected chi connectivity index (χ1v) is 9.12. The van der Waals surface area contributed by atoms with Crippen LogP contribution in [0.25, 0.3) is 11.3 Å². The van der Waals surface area contributed by atoms with E-state index in [9.17, 15) is 28.2 Å². The molecule has 7 nitrogen and oxygen atoms in total. The maximum atomic E-state index is 13.1. The van der Waals surface area contributed by atoms with Crippen molar-refractivity contribution >= 4 is 5.91 Å². The Morgan fingerprint density at radius 3 is 2.31 bits per heavy atom. The summed E-state index contributed by atoms with van der Waals surface area (Å²) in [5.41, 5.74) is 4.41. The number of carbonyl (C=O) groups is 1. The zero-order valence-corrected chi connectivity index (χ0v) is 16.2. The van der Waals surface area contributed by atoms with Crippen molar-refractivity contribution in [2.75, 3.05) is 0 Å². The number of nitriles is 1. The van der Waals surface area contributed by atoms with Crippen molar-refractivity contribution in [3.8, 4) is 28.8 Å². The third-order valence-electron chi connectivity index (χ3n) is 4.47. The first-order valence-electron chi connectivity index (χ1n) is 9.12. The van der Waals surface area contributed by atoms with Crippen LogP contribution in [0.2, 0.25) is 0 Å². The highest BCUT2D eigenvalue weighted by Crippen LogP contribution is 2.35. The lowest BCUT2D eigenvalue weighted by molar-refractivity contribution is -0.138. The maximum Gasteiger partial charge on any atom is 0.417 e. The molecule has 0 aliphatic heterocycles. The first-order chi connectivity index (χ1) is 15.1. The van der Waals surface area contributed by atoms with E-state index in [4.69, 9.17) is 15.7 Å². The van der Waals surface area contributed by atoms with Gasteiger partial charge in [-0.2, -0.15) is 18.4 Å². The maximum absolute atomic E-state index is 13.1. The first kappa shape index (κ1) is 22.7. The van der Waals surface area contributed by atoms with E-state index >= 15 is 0 Å². The Labute approximate surface area is 180 Å². The van der Waals surface area contributed by atoms with Crippen LogP contribution in [0, 0.1) is 11.3 Å². The molecule has 0 fully saturated rings. The number of carbonyl (C=O) groups excluding carboxylic acids is 1. The molecule has 1 heterocycles. The van der Waals surface area contributed by atoms with Crippen LogP contribution >= 0.6 is 0 Å². The third-order valence-corrected chi connectivity index (χ3v) is 4.47. The van der Waals surface area contributed by atoms with Crippen molar-refractivity contribution in [2.45, 2.75) is 18.4 Å². The summed E-state index contributed by atoms with van der Waals surface area (Å²) in [7, 11) is 0. The fourth-order valence-electron chi connectivity index (χ4n) is 2.84. The van der Waals surface area contributed by atoms with Crippen LogP contribution in [0.15, 0.2) is 60.7 Å². The van der Waals surface area contributed by atoms with Gasteiger partial charge in [0.05, 0.1) is 28.6 Å². The zero-order valence-electron chi connectivity index (χ0n) is 16.2. The van der Waals surface area contributed by atoms with Crippen LogP contribution in [0.1, 0.15) is 22.9 Å². The highest BCUT2D eigenvalue weighted by molar-refractivity contribution is 5.79. The number of rotatable bonds is 6. The van der Waals surface area contributed by atoms with Gasteiger partial charge >= 0.3 is 6.18 Å². The zero-order chi connectivity index (χ0) is 23.5. The third kappa shape index (κ3) is 5.03. The number of hydrogen-bond donors (Lipinski definition) is 3. The number of aromatic nitrogens is 1. The van der Waals surface area contributed by atoms with Crippen LogP contribution in [0.5, 0.6) is 11.5 Å². The van der Waals surface area contributed by atoms with Crippen molar-refractivity contribution in [2.24, 2.45) is 5.73 Å². The van der Waals surface area contributed by atoms with Crippen molar-refractivity contribution in [1.82, 2.24) is 4.98 Å². The molecule has 3 rings (SSSR count). The molecule has 32 heavy (non-hydrogen) atoms. The Kier molecular flexibility index (Phi) is 6.43. The number of nitrogens with zero attached hydrogens (tertiary/aromatic N) is 2. The summed E-state index contributed by atoms with van der Waals surface area (Å²) in [6.45, 7) is 0. The Balaban J connectivity index is 1.82. The van der Waals surface area contributed by atoms with Gasteiger partial charge in [0.2, 0.25) is 5.91 Å².